The van der Waals surface area contributed by atoms with Gasteiger partial charge in [0.25, 0.3) is 5.91 Å². The average Bonchev–Trinajstić information content (AvgIpc) is 3.38. The van der Waals surface area contributed by atoms with Crippen molar-refractivity contribution >= 4 is 23.4 Å². The molecule has 0 atom stereocenters. The highest BCUT2D eigenvalue weighted by molar-refractivity contribution is 7.98. The molecule has 1 amide bonds. The lowest BCUT2D eigenvalue weighted by Crippen LogP contribution is -2.11. The van der Waals surface area contributed by atoms with Gasteiger partial charge in [0.2, 0.25) is 0 Å². The Hall–Kier alpha value is -4.50. The Bertz CT molecular complexity index is 1490. The molecule has 37 heavy (non-hydrogen) atoms. The first-order chi connectivity index (χ1) is 18.1. The molecule has 0 fully saturated rings. The SMILES string of the molecule is COc1ccc(-n2c(SCc3ccc(C(=O)Nc4ccc(F)cc4)cc3)nnc2-c2ccncc2)cc1. The van der Waals surface area contributed by atoms with Crippen molar-refractivity contribution in [2.75, 3.05) is 12.4 Å². The zero-order chi connectivity index (χ0) is 25.6. The summed E-state index contributed by atoms with van der Waals surface area (Å²) < 4.78 is 20.4. The Labute approximate surface area is 217 Å². The molecule has 3 aromatic carbocycles. The smallest absolute Gasteiger partial charge is 0.255 e. The maximum Gasteiger partial charge on any atom is 0.255 e. The van der Waals surface area contributed by atoms with Gasteiger partial charge in [-0.1, -0.05) is 23.9 Å². The summed E-state index contributed by atoms with van der Waals surface area (Å²) in [6.07, 6.45) is 3.45. The van der Waals surface area contributed by atoms with Gasteiger partial charge in [0.1, 0.15) is 11.6 Å². The normalized spacial score (nSPS) is 10.8. The third-order valence-electron chi connectivity index (χ3n) is 5.59. The number of nitrogens with one attached hydrogen (secondary N) is 1. The van der Waals surface area contributed by atoms with Gasteiger partial charge in [-0.05, 0) is 78.4 Å². The van der Waals surface area contributed by atoms with Crippen molar-refractivity contribution in [3.8, 4) is 22.8 Å². The lowest BCUT2D eigenvalue weighted by atomic mass is 10.1. The Balaban J connectivity index is 1.33. The van der Waals surface area contributed by atoms with Crippen molar-refractivity contribution in [3.63, 3.8) is 0 Å². The van der Waals surface area contributed by atoms with Crippen LogP contribution in [0.5, 0.6) is 5.75 Å². The topological polar surface area (TPSA) is 81.9 Å². The first-order valence-electron chi connectivity index (χ1n) is 11.4. The largest absolute Gasteiger partial charge is 0.497 e. The number of carbonyl (C=O) groups is 1. The molecule has 1 N–H and O–H groups in total. The van der Waals surface area contributed by atoms with E-state index in [2.05, 4.69) is 20.5 Å². The second kappa shape index (κ2) is 11.0. The number of thioether (sulfide) groups is 1. The summed E-state index contributed by atoms with van der Waals surface area (Å²) in [7, 11) is 1.63. The predicted octanol–water partition coefficient (Wildman–Crippen LogP) is 6.02. The van der Waals surface area contributed by atoms with Crippen LogP contribution < -0.4 is 10.1 Å². The molecule has 0 aliphatic rings. The number of ether oxygens (including phenoxy) is 1. The molecule has 0 radical (unpaired) electrons. The number of rotatable bonds is 8. The van der Waals surface area contributed by atoms with Gasteiger partial charge >= 0.3 is 0 Å². The van der Waals surface area contributed by atoms with Crippen molar-refractivity contribution < 1.29 is 13.9 Å². The molecule has 7 nitrogen and oxygen atoms in total. The average molecular weight is 512 g/mol. The minimum Gasteiger partial charge on any atom is -0.497 e. The van der Waals surface area contributed by atoms with Gasteiger partial charge in [-0.2, -0.15) is 0 Å². The van der Waals surface area contributed by atoms with Gasteiger partial charge in [0.15, 0.2) is 11.0 Å². The van der Waals surface area contributed by atoms with Crippen molar-refractivity contribution in [3.05, 3.63) is 114 Å². The van der Waals surface area contributed by atoms with Crippen molar-refractivity contribution in [2.24, 2.45) is 0 Å². The quantitative estimate of drug-likeness (QED) is 0.257. The molecule has 9 heteroatoms. The van der Waals surface area contributed by atoms with Gasteiger partial charge < -0.3 is 10.1 Å². The number of hydrogen-bond acceptors (Lipinski definition) is 6. The minimum atomic E-state index is -0.351. The van der Waals surface area contributed by atoms with Gasteiger partial charge in [-0.15, -0.1) is 10.2 Å². The monoisotopic (exact) mass is 511 g/mol. The number of carbonyl (C=O) groups excluding carboxylic acids is 1. The number of aromatic nitrogens is 4. The standard InChI is InChI=1S/C28H22FN5O2S/c1-36-25-12-10-24(11-13-25)34-26(20-14-16-30-17-15-20)32-33-28(34)37-18-19-2-4-21(5-3-19)27(35)31-23-8-6-22(29)7-9-23/h2-17H,18H2,1H3,(H,31,35). The zero-order valence-corrected chi connectivity index (χ0v) is 20.7. The van der Waals surface area contributed by atoms with Crippen LogP contribution >= 0.6 is 11.8 Å². The highest BCUT2D eigenvalue weighted by Gasteiger charge is 2.17. The summed E-state index contributed by atoms with van der Waals surface area (Å²) in [5.74, 6) is 1.50. The van der Waals surface area contributed by atoms with E-state index in [1.807, 2.05) is 53.1 Å². The molecular formula is C28H22FN5O2S. The highest BCUT2D eigenvalue weighted by atomic mass is 32.2. The molecule has 0 bridgehead atoms. The highest BCUT2D eigenvalue weighted by Crippen LogP contribution is 2.30. The Morgan fingerprint density at radius 3 is 2.30 bits per heavy atom. The van der Waals surface area contributed by atoms with E-state index in [4.69, 9.17) is 4.74 Å². The molecule has 0 aliphatic carbocycles. The number of nitrogens with zero attached hydrogens (tertiary/aromatic N) is 4. The van der Waals surface area contributed by atoms with Crippen LogP contribution in [0.15, 0.2) is 102 Å². The summed E-state index contributed by atoms with van der Waals surface area (Å²) in [4.78, 5) is 16.6. The maximum atomic E-state index is 13.1. The van der Waals surface area contributed by atoms with Crippen LogP contribution in [0.3, 0.4) is 0 Å². The molecule has 5 aromatic rings. The number of halogens is 1. The molecule has 0 saturated heterocycles. The molecule has 2 heterocycles. The summed E-state index contributed by atoms with van der Waals surface area (Å²) >= 11 is 1.55. The Morgan fingerprint density at radius 2 is 1.62 bits per heavy atom. The second-order valence-electron chi connectivity index (χ2n) is 8.02. The van der Waals surface area contributed by atoms with Crippen LogP contribution in [0.1, 0.15) is 15.9 Å². The summed E-state index contributed by atoms with van der Waals surface area (Å²) in [6.45, 7) is 0. The van der Waals surface area contributed by atoms with Crippen molar-refractivity contribution in [2.45, 2.75) is 10.9 Å². The molecule has 2 aromatic heterocycles. The molecule has 0 spiro atoms. The third kappa shape index (κ3) is 5.68. The fraction of sp³-hybridized carbons (Fsp3) is 0.0714. The molecule has 0 saturated carbocycles. The fourth-order valence-corrected chi connectivity index (χ4v) is 4.56. The number of hydrogen-bond donors (Lipinski definition) is 1. The van der Waals surface area contributed by atoms with E-state index in [1.165, 1.54) is 24.3 Å². The molecule has 0 unspecified atom stereocenters. The fourth-order valence-electron chi connectivity index (χ4n) is 3.65. The molecule has 0 aliphatic heterocycles. The van der Waals surface area contributed by atoms with Gasteiger partial charge in [-0.25, -0.2) is 4.39 Å². The maximum absolute atomic E-state index is 13.1. The Kier molecular flexibility index (Phi) is 7.23. The van der Waals surface area contributed by atoms with Gasteiger partial charge in [0.05, 0.1) is 7.11 Å². The summed E-state index contributed by atoms with van der Waals surface area (Å²) in [5, 5.41) is 12.4. The molecule has 5 rings (SSSR count). The number of benzene rings is 3. The second-order valence-corrected chi connectivity index (χ2v) is 8.96. The van der Waals surface area contributed by atoms with E-state index in [0.29, 0.717) is 22.8 Å². The zero-order valence-electron chi connectivity index (χ0n) is 19.8. The predicted molar refractivity (Wildman–Crippen MR) is 141 cm³/mol. The first-order valence-corrected chi connectivity index (χ1v) is 12.4. The lowest BCUT2D eigenvalue weighted by molar-refractivity contribution is 0.102. The van der Waals surface area contributed by atoms with Crippen LogP contribution in [-0.2, 0) is 5.75 Å². The van der Waals surface area contributed by atoms with E-state index in [-0.39, 0.29) is 11.7 Å². The van der Waals surface area contributed by atoms with Crippen LogP contribution in [0.4, 0.5) is 10.1 Å². The summed E-state index contributed by atoms with van der Waals surface area (Å²) in [5.41, 5.74) is 3.89. The van der Waals surface area contributed by atoms with E-state index in [1.54, 1.807) is 43.4 Å². The van der Waals surface area contributed by atoms with Crippen molar-refractivity contribution in [1.29, 1.82) is 0 Å². The molecular weight excluding hydrogens is 489 g/mol. The van der Waals surface area contributed by atoms with Crippen LogP contribution in [0, 0.1) is 5.82 Å². The minimum absolute atomic E-state index is 0.257. The van der Waals surface area contributed by atoms with E-state index in [0.717, 1.165) is 27.7 Å². The first kappa shape index (κ1) is 24.2. The van der Waals surface area contributed by atoms with Crippen molar-refractivity contribution in [1.82, 2.24) is 19.7 Å². The van der Waals surface area contributed by atoms with E-state index < -0.39 is 0 Å². The molecule has 184 valence electrons. The van der Waals surface area contributed by atoms with Crippen LogP contribution in [-0.4, -0.2) is 32.8 Å². The van der Waals surface area contributed by atoms with Crippen LogP contribution in [0.2, 0.25) is 0 Å². The van der Waals surface area contributed by atoms with Gasteiger partial charge in [-0.3, -0.25) is 14.3 Å². The Morgan fingerprint density at radius 1 is 0.919 bits per heavy atom. The van der Waals surface area contributed by atoms with E-state index in [9.17, 15) is 9.18 Å². The number of anilines is 1. The third-order valence-corrected chi connectivity index (χ3v) is 6.59. The lowest BCUT2D eigenvalue weighted by Gasteiger charge is -2.11. The van der Waals surface area contributed by atoms with E-state index >= 15 is 0 Å². The number of methoxy groups -OCH3 is 1. The summed E-state index contributed by atoms with van der Waals surface area (Å²) in [6, 6.07) is 24.5. The number of pyridine rings is 1. The van der Waals surface area contributed by atoms with Gasteiger partial charge in [0, 0.05) is 40.6 Å². The van der Waals surface area contributed by atoms with Crippen LogP contribution in [0.25, 0.3) is 17.1 Å². The number of amides is 1.